The third kappa shape index (κ3) is 3.52. The van der Waals surface area contributed by atoms with E-state index in [1.807, 2.05) is 6.07 Å². The lowest BCUT2D eigenvalue weighted by Crippen LogP contribution is -2.22. The summed E-state index contributed by atoms with van der Waals surface area (Å²) in [5.74, 6) is -0.624. The number of aliphatic hydroxyl groups excluding tert-OH is 2. The Morgan fingerprint density at radius 2 is 2.29 bits per heavy atom. The first kappa shape index (κ1) is 13.1. The topological polar surface area (TPSA) is 103 Å². The van der Waals surface area contributed by atoms with E-state index in [9.17, 15) is 15.0 Å². The van der Waals surface area contributed by atoms with Crippen LogP contribution in [0.5, 0.6) is 0 Å². The molecule has 0 aliphatic heterocycles. The van der Waals surface area contributed by atoms with Gasteiger partial charge in [-0.25, -0.2) is 0 Å². The van der Waals surface area contributed by atoms with Crippen LogP contribution in [0.1, 0.15) is 23.7 Å². The molecule has 0 fully saturated rings. The zero-order chi connectivity index (χ0) is 12.8. The average molecular weight is 236 g/mol. The number of nitriles is 1. The van der Waals surface area contributed by atoms with E-state index in [2.05, 4.69) is 9.72 Å². The molecule has 2 N–H and O–H groups in total. The predicted molar refractivity (Wildman–Crippen MR) is 56.6 cm³/mol. The normalized spacial score (nSPS) is 13.5. The fourth-order valence-electron chi connectivity index (χ4n) is 1.27. The largest absolute Gasteiger partial charge is 0.469 e. The molecule has 0 aliphatic rings. The van der Waals surface area contributed by atoms with Crippen molar-refractivity contribution in [3.05, 3.63) is 29.6 Å². The summed E-state index contributed by atoms with van der Waals surface area (Å²) < 4.78 is 4.37. The quantitative estimate of drug-likeness (QED) is 0.708. The summed E-state index contributed by atoms with van der Waals surface area (Å²) in [6.45, 7) is 0. The van der Waals surface area contributed by atoms with Gasteiger partial charge in [0.25, 0.3) is 0 Å². The van der Waals surface area contributed by atoms with Crippen LogP contribution in [0.3, 0.4) is 0 Å². The Kier molecular flexibility index (Phi) is 4.57. The molecule has 90 valence electrons. The van der Waals surface area contributed by atoms with Gasteiger partial charge in [-0.1, -0.05) is 0 Å². The lowest BCUT2D eigenvalue weighted by atomic mass is 10.0. The monoisotopic (exact) mass is 236 g/mol. The minimum absolute atomic E-state index is 0.270. The lowest BCUT2D eigenvalue weighted by Gasteiger charge is -2.16. The van der Waals surface area contributed by atoms with E-state index in [1.54, 1.807) is 0 Å². The van der Waals surface area contributed by atoms with Crippen molar-refractivity contribution in [2.24, 2.45) is 0 Å². The highest BCUT2D eigenvalue weighted by Crippen LogP contribution is 2.19. The van der Waals surface area contributed by atoms with Crippen LogP contribution in [-0.2, 0) is 9.53 Å². The molecular weight excluding hydrogens is 224 g/mol. The van der Waals surface area contributed by atoms with Crippen molar-refractivity contribution in [1.29, 1.82) is 5.26 Å². The van der Waals surface area contributed by atoms with Gasteiger partial charge >= 0.3 is 5.97 Å². The average Bonchev–Trinajstić information content (AvgIpc) is 2.37. The smallest absolute Gasteiger partial charge is 0.308 e. The zero-order valence-corrected chi connectivity index (χ0v) is 9.20. The highest BCUT2D eigenvalue weighted by atomic mass is 16.5. The molecule has 2 unspecified atom stereocenters. The van der Waals surface area contributed by atoms with Crippen LogP contribution in [0.4, 0.5) is 0 Å². The number of pyridine rings is 1. The van der Waals surface area contributed by atoms with Gasteiger partial charge in [0.2, 0.25) is 0 Å². The van der Waals surface area contributed by atoms with Gasteiger partial charge < -0.3 is 14.9 Å². The molecule has 6 nitrogen and oxygen atoms in total. The van der Waals surface area contributed by atoms with Gasteiger partial charge in [-0.3, -0.25) is 9.78 Å². The second kappa shape index (κ2) is 5.94. The molecule has 0 aliphatic carbocycles. The molecule has 0 saturated heterocycles. The van der Waals surface area contributed by atoms with E-state index in [0.29, 0.717) is 0 Å². The number of hydrogen-bond donors (Lipinski definition) is 2. The van der Waals surface area contributed by atoms with Gasteiger partial charge in [-0.15, -0.1) is 0 Å². The summed E-state index contributed by atoms with van der Waals surface area (Å²) >= 11 is 0. The molecule has 0 aromatic carbocycles. The highest BCUT2D eigenvalue weighted by molar-refractivity contribution is 5.69. The highest BCUT2D eigenvalue weighted by Gasteiger charge is 2.22. The summed E-state index contributed by atoms with van der Waals surface area (Å²) in [6.07, 6.45) is -0.239. The second-order valence-electron chi connectivity index (χ2n) is 3.41. The number of hydrogen-bond acceptors (Lipinski definition) is 6. The number of ether oxygens (including phenoxy) is 1. The van der Waals surface area contributed by atoms with Crippen LogP contribution in [0.15, 0.2) is 18.5 Å². The minimum atomic E-state index is -1.29. The zero-order valence-electron chi connectivity index (χ0n) is 9.20. The van der Waals surface area contributed by atoms with Crippen molar-refractivity contribution in [2.45, 2.75) is 18.6 Å². The SMILES string of the molecule is COC(=O)CC(O)C(O)c1cncc(C#N)c1. The third-order valence-corrected chi connectivity index (χ3v) is 2.20. The first-order valence-corrected chi connectivity index (χ1v) is 4.86. The van der Waals surface area contributed by atoms with Crippen molar-refractivity contribution in [3.63, 3.8) is 0 Å². The Labute approximate surface area is 98.1 Å². The molecule has 2 atom stereocenters. The van der Waals surface area contributed by atoms with Crippen LogP contribution in [0.25, 0.3) is 0 Å². The van der Waals surface area contributed by atoms with Crippen LogP contribution >= 0.6 is 0 Å². The molecule has 1 heterocycles. The fourth-order valence-corrected chi connectivity index (χ4v) is 1.27. The molecular formula is C11H12N2O4. The summed E-state index contributed by atoms with van der Waals surface area (Å²) in [6, 6.07) is 3.27. The Bertz CT molecular complexity index is 441. The van der Waals surface area contributed by atoms with Gasteiger partial charge in [-0.2, -0.15) is 5.26 Å². The number of esters is 1. The Morgan fingerprint density at radius 3 is 2.88 bits per heavy atom. The number of aliphatic hydroxyl groups is 2. The standard InChI is InChI=1S/C11H12N2O4/c1-17-10(15)3-9(14)11(16)8-2-7(4-12)5-13-6-8/h2,5-6,9,11,14,16H,3H2,1H3. The van der Waals surface area contributed by atoms with E-state index in [0.717, 1.165) is 0 Å². The molecule has 17 heavy (non-hydrogen) atoms. The molecule has 0 amide bonds. The maximum absolute atomic E-state index is 10.9. The van der Waals surface area contributed by atoms with Crippen LogP contribution < -0.4 is 0 Å². The summed E-state index contributed by atoms with van der Waals surface area (Å²) in [7, 11) is 1.19. The predicted octanol–water partition coefficient (Wildman–Crippen LogP) is -0.0893. The number of aromatic nitrogens is 1. The van der Waals surface area contributed by atoms with Crippen molar-refractivity contribution < 1.29 is 19.7 Å². The van der Waals surface area contributed by atoms with Crippen molar-refractivity contribution >= 4 is 5.97 Å². The summed E-state index contributed by atoms with van der Waals surface area (Å²) in [5, 5.41) is 28.0. The van der Waals surface area contributed by atoms with Crippen LogP contribution in [0, 0.1) is 11.3 Å². The number of nitrogens with zero attached hydrogens (tertiary/aromatic N) is 2. The van der Waals surface area contributed by atoms with Gasteiger partial charge in [0.1, 0.15) is 12.2 Å². The van der Waals surface area contributed by atoms with Crippen LogP contribution in [-0.4, -0.2) is 34.4 Å². The van der Waals surface area contributed by atoms with Gasteiger partial charge in [0, 0.05) is 18.0 Å². The fraction of sp³-hybridized carbons (Fsp3) is 0.364. The Balaban J connectivity index is 2.78. The van der Waals surface area contributed by atoms with E-state index >= 15 is 0 Å². The van der Waals surface area contributed by atoms with Gasteiger partial charge in [0.15, 0.2) is 0 Å². The van der Waals surface area contributed by atoms with E-state index in [1.165, 1.54) is 25.6 Å². The molecule has 1 rings (SSSR count). The van der Waals surface area contributed by atoms with Gasteiger partial charge in [0.05, 0.1) is 25.2 Å². The molecule has 0 saturated carbocycles. The van der Waals surface area contributed by atoms with Crippen molar-refractivity contribution in [2.75, 3.05) is 7.11 Å². The first-order valence-electron chi connectivity index (χ1n) is 4.86. The summed E-state index contributed by atoms with van der Waals surface area (Å²) in [4.78, 5) is 14.7. The maximum Gasteiger partial charge on any atom is 0.308 e. The molecule has 0 bridgehead atoms. The molecule has 6 heteroatoms. The minimum Gasteiger partial charge on any atom is -0.469 e. The Hall–Kier alpha value is -1.97. The van der Waals surface area contributed by atoms with Crippen molar-refractivity contribution in [3.8, 4) is 6.07 Å². The molecule has 0 spiro atoms. The lowest BCUT2D eigenvalue weighted by molar-refractivity contribution is -0.144. The second-order valence-corrected chi connectivity index (χ2v) is 3.41. The van der Waals surface area contributed by atoms with E-state index < -0.39 is 18.2 Å². The number of rotatable bonds is 4. The summed E-state index contributed by atoms with van der Waals surface area (Å²) in [5.41, 5.74) is 0.548. The van der Waals surface area contributed by atoms with E-state index in [-0.39, 0.29) is 17.5 Å². The molecule has 0 radical (unpaired) electrons. The number of methoxy groups -OCH3 is 1. The maximum atomic E-state index is 10.9. The third-order valence-electron chi connectivity index (χ3n) is 2.20. The first-order chi connectivity index (χ1) is 8.08. The Morgan fingerprint density at radius 1 is 1.59 bits per heavy atom. The van der Waals surface area contributed by atoms with Crippen LogP contribution in [0.2, 0.25) is 0 Å². The molecule has 1 aromatic rings. The van der Waals surface area contributed by atoms with Crippen molar-refractivity contribution in [1.82, 2.24) is 4.98 Å². The number of carbonyl (C=O) groups is 1. The number of carbonyl (C=O) groups excluding carboxylic acids is 1. The molecule has 1 aromatic heterocycles. The van der Waals surface area contributed by atoms with Gasteiger partial charge in [-0.05, 0) is 6.07 Å². The van der Waals surface area contributed by atoms with E-state index in [4.69, 9.17) is 5.26 Å².